The van der Waals surface area contributed by atoms with Gasteiger partial charge in [0.15, 0.2) is 11.5 Å². The van der Waals surface area contributed by atoms with Crippen LogP contribution in [-0.4, -0.2) is 58.0 Å². The maximum Gasteiger partial charge on any atom is 0.264 e. The molecular formula is C37H42ClN3O6S. The minimum Gasteiger partial charge on any atom is -0.493 e. The van der Waals surface area contributed by atoms with Crippen molar-refractivity contribution in [1.82, 2.24) is 10.2 Å². The Morgan fingerprint density at radius 2 is 1.50 bits per heavy atom. The molecule has 0 aromatic heterocycles. The molecule has 2 amide bonds. The zero-order valence-electron chi connectivity index (χ0n) is 27.9. The Kier molecular flexibility index (Phi) is 12.5. The first-order valence-electron chi connectivity index (χ1n) is 15.7. The third-order valence-electron chi connectivity index (χ3n) is 8.08. The van der Waals surface area contributed by atoms with E-state index in [0.717, 1.165) is 21.0 Å². The summed E-state index contributed by atoms with van der Waals surface area (Å²) in [7, 11) is -1.49. The van der Waals surface area contributed by atoms with Crippen LogP contribution in [0.15, 0.2) is 102 Å². The van der Waals surface area contributed by atoms with Crippen LogP contribution in [0.3, 0.4) is 0 Å². The maximum absolute atomic E-state index is 14.6. The number of aryl methyl sites for hydroxylation is 1. The molecule has 0 heterocycles. The van der Waals surface area contributed by atoms with Crippen LogP contribution < -0.4 is 19.1 Å². The molecule has 0 aliphatic carbocycles. The van der Waals surface area contributed by atoms with Crippen LogP contribution in [0, 0.1) is 6.92 Å². The normalized spacial score (nSPS) is 12.5. The quantitative estimate of drug-likeness (QED) is 0.154. The van der Waals surface area contributed by atoms with Crippen LogP contribution in [0.2, 0.25) is 5.02 Å². The van der Waals surface area contributed by atoms with E-state index in [1.165, 1.54) is 49.5 Å². The molecule has 0 saturated carbocycles. The van der Waals surface area contributed by atoms with Gasteiger partial charge in [0.25, 0.3) is 10.0 Å². The monoisotopic (exact) mass is 691 g/mol. The van der Waals surface area contributed by atoms with Crippen LogP contribution in [0.5, 0.6) is 11.5 Å². The predicted octanol–water partition coefficient (Wildman–Crippen LogP) is 6.42. The van der Waals surface area contributed by atoms with Crippen molar-refractivity contribution in [2.75, 3.05) is 25.1 Å². The molecule has 4 aromatic rings. The van der Waals surface area contributed by atoms with E-state index in [1.807, 2.05) is 75.4 Å². The van der Waals surface area contributed by atoms with Gasteiger partial charge in [0.2, 0.25) is 11.8 Å². The van der Waals surface area contributed by atoms with Gasteiger partial charge >= 0.3 is 0 Å². The molecule has 0 radical (unpaired) electrons. The zero-order valence-corrected chi connectivity index (χ0v) is 29.4. The SMILES string of the molecule is CC[C@H](C)NC(=O)[C@@H](Cc1ccccc1)N(Cc1ccc(C)cc1)C(=O)CN(c1ccc(Cl)cc1)S(=O)(=O)c1ccc(OC)c(OC)c1. The number of nitrogens with zero attached hydrogens (tertiary/aromatic N) is 2. The highest BCUT2D eigenvalue weighted by molar-refractivity contribution is 7.92. The maximum atomic E-state index is 14.6. The smallest absolute Gasteiger partial charge is 0.264 e. The fourth-order valence-corrected chi connectivity index (χ4v) is 6.68. The largest absolute Gasteiger partial charge is 0.493 e. The van der Waals surface area contributed by atoms with Gasteiger partial charge in [-0.2, -0.15) is 0 Å². The lowest BCUT2D eigenvalue weighted by molar-refractivity contribution is -0.140. The van der Waals surface area contributed by atoms with E-state index in [4.69, 9.17) is 21.1 Å². The fourth-order valence-electron chi connectivity index (χ4n) is 5.13. The molecule has 0 unspecified atom stereocenters. The molecule has 4 aromatic carbocycles. The predicted molar refractivity (Wildman–Crippen MR) is 189 cm³/mol. The van der Waals surface area contributed by atoms with Crippen LogP contribution in [-0.2, 0) is 32.6 Å². The first-order chi connectivity index (χ1) is 23.0. The molecule has 0 bridgehead atoms. The van der Waals surface area contributed by atoms with Gasteiger partial charge in [-0.3, -0.25) is 13.9 Å². The summed E-state index contributed by atoms with van der Waals surface area (Å²) in [5.41, 5.74) is 2.92. The minimum absolute atomic E-state index is 0.0788. The third kappa shape index (κ3) is 9.08. The number of carbonyl (C=O) groups is 2. The van der Waals surface area contributed by atoms with Crippen LogP contribution >= 0.6 is 11.6 Å². The van der Waals surface area contributed by atoms with Gasteiger partial charge in [-0.25, -0.2) is 8.42 Å². The lowest BCUT2D eigenvalue weighted by atomic mass is 10.0. The average molecular weight is 692 g/mol. The molecule has 9 nitrogen and oxygen atoms in total. The molecule has 1 N–H and O–H groups in total. The Morgan fingerprint density at radius 3 is 2.10 bits per heavy atom. The van der Waals surface area contributed by atoms with Gasteiger partial charge in [0, 0.05) is 30.1 Å². The summed E-state index contributed by atoms with van der Waals surface area (Å²) < 4.78 is 40.4. The first-order valence-corrected chi connectivity index (χ1v) is 17.5. The van der Waals surface area contributed by atoms with Crippen molar-refractivity contribution >= 4 is 39.1 Å². The first kappa shape index (κ1) is 36.3. The minimum atomic E-state index is -4.35. The Bertz CT molecular complexity index is 1780. The number of hydrogen-bond acceptors (Lipinski definition) is 6. The van der Waals surface area contributed by atoms with Gasteiger partial charge in [0.1, 0.15) is 12.6 Å². The fraction of sp³-hybridized carbons (Fsp3) is 0.297. The van der Waals surface area contributed by atoms with Gasteiger partial charge in [0.05, 0.1) is 24.8 Å². The van der Waals surface area contributed by atoms with Gasteiger partial charge in [-0.1, -0.05) is 78.7 Å². The molecule has 4 rings (SSSR count). The van der Waals surface area contributed by atoms with Crippen molar-refractivity contribution in [3.05, 3.63) is 119 Å². The summed E-state index contributed by atoms with van der Waals surface area (Å²) in [5, 5.41) is 3.45. The van der Waals surface area contributed by atoms with Crippen molar-refractivity contribution in [2.45, 2.75) is 57.1 Å². The highest BCUT2D eigenvalue weighted by atomic mass is 35.5. The van der Waals surface area contributed by atoms with E-state index in [-0.39, 0.29) is 41.2 Å². The summed E-state index contributed by atoms with van der Waals surface area (Å²) in [6.07, 6.45) is 0.924. The Morgan fingerprint density at radius 1 is 0.854 bits per heavy atom. The topological polar surface area (TPSA) is 105 Å². The second kappa shape index (κ2) is 16.5. The Labute approximate surface area is 288 Å². The molecule has 0 aliphatic heterocycles. The van der Waals surface area contributed by atoms with Gasteiger partial charge < -0.3 is 19.7 Å². The third-order valence-corrected chi connectivity index (χ3v) is 10.1. The van der Waals surface area contributed by atoms with E-state index in [9.17, 15) is 18.0 Å². The average Bonchev–Trinajstić information content (AvgIpc) is 3.09. The number of sulfonamides is 1. The van der Waals surface area contributed by atoms with E-state index in [0.29, 0.717) is 17.2 Å². The molecular weight excluding hydrogens is 650 g/mol. The molecule has 0 aliphatic rings. The van der Waals surface area contributed by atoms with E-state index >= 15 is 0 Å². The van der Waals surface area contributed by atoms with E-state index in [1.54, 1.807) is 12.1 Å². The Hall–Kier alpha value is -4.54. The van der Waals surface area contributed by atoms with Gasteiger partial charge in [-0.15, -0.1) is 0 Å². The number of rotatable bonds is 15. The number of carbonyl (C=O) groups excluding carboxylic acids is 2. The van der Waals surface area contributed by atoms with Crippen molar-refractivity contribution in [1.29, 1.82) is 0 Å². The highest BCUT2D eigenvalue weighted by Gasteiger charge is 2.35. The van der Waals surface area contributed by atoms with Crippen molar-refractivity contribution in [3.63, 3.8) is 0 Å². The number of hydrogen-bond donors (Lipinski definition) is 1. The number of nitrogens with one attached hydrogen (secondary N) is 1. The van der Waals surface area contributed by atoms with Crippen molar-refractivity contribution in [2.24, 2.45) is 0 Å². The lowest BCUT2D eigenvalue weighted by Crippen LogP contribution is -2.54. The highest BCUT2D eigenvalue weighted by Crippen LogP contribution is 2.33. The Balaban J connectivity index is 1.82. The van der Waals surface area contributed by atoms with Crippen LogP contribution in [0.1, 0.15) is 37.0 Å². The molecule has 254 valence electrons. The van der Waals surface area contributed by atoms with Crippen molar-refractivity contribution < 1.29 is 27.5 Å². The summed E-state index contributed by atoms with van der Waals surface area (Å²) in [4.78, 5) is 30.0. The number of benzene rings is 4. The number of ether oxygens (including phenoxy) is 2. The summed E-state index contributed by atoms with van der Waals surface area (Å²) >= 11 is 6.17. The molecule has 0 fully saturated rings. The lowest BCUT2D eigenvalue weighted by Gasteiger charge is -2.34. The standard InChI is InChI=1S/C37H42ClN3O6S/c1-6-27(3)39-37(43)33(22-28-10-8-7-9-11-28)40(24-29-14-12-26(2)13-15-29)36(42)25-41(31-18-16-30(38)17-19-31)48(44,45)32-20-21-34(46-4)35(23-32)47-5/h7-21,23,27,33H,6,22,24-25H2,1-5H3,(H,39,43)/t27-,33+/m0/s1. The van der Waals surface area contributed by atoms with Crippen LogP contribution in [0.25, 0.3) is 0 Å². The molecule has 2 atom stereocenters. The number of anilines is 1. The molecule has 0 spiro atoms. The summed E-state index contributed by atoms with van der Waals surface area (Å²) in [5.74, 6) is -0.318. The second-order valence-corrected chi connectivity index (χ2v) is 13.8. The number of halogens is 1. The number of amides is 2. The molecule has 0 saturated heterocycles. The zero-order chi connectivity index (χ0) is 34.8. The van der Waals surface area contributed by atoms with E-state index < -0.39 is 28.5 Å². The van der Waals surface area contributed by atoms with Gasteiger partial charge in [-0.05, 0) is 67.8 Å². The van der Waals surface area contributed by atoms with E-state index in [2.05, 4.69) is 5.32 Å². The van der Waals surface area contributed by atoms with Crippen LogP contribution in [0.4, 0.5) is 5.69 Å². The molecule has 48 heavy (non-hydrogen) atoms. The van der Waals surface area contributed by atoms with Crippen molar-refractivity contribution in [3.8, 4) is 11.5 Å². The summed E-state index contributed by atoms with van der Waals surface area (Å²) in [6.45, 7) is 5.33. The molecule has 11 heteroatoms. The summed E-state index contributed by atoms with van der Waals surface area (Å²) in [6, 6.07) is 26.5. The second-order valence-electron chi connectivity index (χ2n) is 11.5. The number of methoxy groups -OCH3 is 2.